The molecule has 0 aromatic heterocycles. The van der Waals surface area contributed by atoms with E-state index in [1.807, 2.05) is 19.1 Å². The van der Waals surface area contributed by atoms with Gasteiger partial charge in [0.2, 0.25) is 0 Å². The first kappa shape index (κ1) is 9.78. The fourth-order valence-corrected chi connectivity index (χ4v) is 1.41. The van der Waals surface area contributed by atoms with Gasteiger partial charge in [0.15, 0.2) is 0 Å². The Bertz CT molecular complexity index is 316. The highest BCUT2D eigenvalue weighted by Crippen LogP contribution is 2.12. The molecule has 0 radical (unpaired) electrons. The number of rotatable bonds is 3. The van der Waals surface area contributed by atoms with Gasteiger partial charge in [-0.3, -0.25) is 0 Å². The van der Waals surface area contributed by atoms with Crippen molar-refractivity contribution in [2.75, 3.05) is 0 Å². The van der Waals surface area contributed by atoms with Crippen LogP contribution in [0.25, 0.3) is 0 Å². The second-order valence-corrected chi connectivity index (χ2v) is 3.20. The summed E-state index contributed by atoms with van der Waals surface area (Å²) in [6.45, 7) is 3.95. The number of carboxylic acids is 1. The molecular weight excluding hydrogens is 164 g/mol. The van der Waals surface area contributed by atoms with Gasteiger partial charge in [0.25, 0.3) is 0 Å². The summed E-state index contributed by atoms with van der Waals surface area (Å²) in [6, 6.07) is 5.52. The van der Waals surface area contributed by atoms with Gasteiger partial charge in [0.05, 0.1) is 5.56 Å². The number of aryl methyl sites for hydroxylation is 2. The molecule has 0 saturated carbocycles. The Morgan fingerprint density at radius 1 is 1.46 bits per heavy atom. The largest absolute Gasteiger partial charge is 0.478 e. The maximum Gasteiger partial charge on any atom is 0.335 e. The first-order chi connectivity index (χ1) is 6.15. The molecular formula is C11H14O2. The zero-order valence-corrected chi connectivity index (χ0v) is 8.00. The van der Waals surface area contributed by atoms with Crippen molar-refractivity contribution in [2.24, 2.45) is 0 Å². The molecule has 0 heterocycles. The fourth-order valence-electron chi connectivity index (χ4n) is 1.41. The lowest BCUT2D eigenvalue weighted by atomic mass is 10.0. The Labute approximate surface area is 78.2 Å². The van der Waals surface area contributed by atoms with E-state index in [4.69, 9.17) is 5.11 Å². The lowest BCUT2D eigenvalue weighted by molar-refractivity contribution is 0.0696. The first-order valence-corrected chi connectivity index (χ1v) is 4.48. The molecule has 0 spiro atoms. The third-order valence-electron chi connectivity index (χ3n) is 2.06. The zero-order chi connectivity index (χ0) is 9.84. The van der Waals surface area contributed by atoms with Crippen molar-refractivity contribution < 1.29 is 9.90 Å². The molecule has 0 aliphatic rings. The molecule has 0 fully saturated rings. The summed E-state index contributed by atoms with van der Waals surface area (Å²) in [6.07, 6.45) is 2.10. The Hall–Kier alpha value is -1.31. The van der Waals surface area contributed by atoms with E-state index in [0.29, 0.717) is 5.56 Å². The van der Waals surface area contributed by atoms with E-state index in [-0.39, 0.29) is 0 Å². The van der Waals surface area contributed by atoms with Gasteiger partial charge >= 0.3 is 5.97 Å². The number of carboxylic acid groups (broad SMARTS) is 1. The third kappa shape index (κ3) is 2.31. The van der Waals surface area contributed by atoms with Crippen LogP contribution in [0.4, 0.5) is 0 Å². The minimum atomic E-state index is -0.847. The summed E-state index contributed by atoms with van der Waals surface area (Å²) in [5.74, 6) is -0.847. The van der Waals surface area contributed by atoms with Crippen LogP contribution in [-0.2, 0) is 6.42 Å². The summed E-state index contributed by atoms with van der Waals surface area (Å²) in [7, 11) is 0. The van der Waals surface area contributed by atoms with Crippen molar-refractivity contribution in [1.29, 1.82) is 0 Å². The van der Waals surface area contributed by atoms with E-state index in [9.17, 15) is 4.79 Å². The SMILES string of the molecule is CCCc1ccc(C(=O)O)c(C)c1. The summed E-state index contributed by atoms with van der Waals surface area (Å²) in [5, 5.41) is 8.79. The fraction of sp³-hybridized carbons (Fsp3) is 0.364. The van der Waals surface area contributed by atoms with Crippen LogP contribution < -0.4 is 0 Å². The van der Waals surface area contributed by atoms with Crippen molar-refractivity contribution in [3.8, 4) is 0 Å². The second kappa shape index (κ2) is 4.08. The molecule has 0 atom stereocenters. The van der Waals surface area contributed by atoms with E-state index in [0.717, 1.165) is 18.4 Å². The van der Waals surface area contributed by atoms with E-state index >= 15 is 0 Å². The summed E-state index contributed by atoms with van der Waals surface area (Å²) in [5.41, 5.74) is 2.46. The monoisotopic (exact) mass is 178 g/mol. The number of aromatic carboxylic acids is 1. The summed E-state index contributed by atoms with van der Waals surface area (Å²) in [4.78, 5) is 10.7. The highest BCUT2D eigenvalue weighted by molar-refractivity contribution is 5.89. The highest BCUT2D eigenvalue weighted by Gasteiger charge is 2.06. The first-order valence-electron chi connectivity index (χ1n) is 4.48. The average molecular weight is 178 g/mol. The van der Waals surface area contributed by atoms with Crippen LogP contribution in [0, 0.1) is 6.92 Å². The molecule has 2 heteroatoms. The number of benzene rings is 1. The molecule has 13 heavy (non-hydrogen) atoms. The van der Waals surface area contributed by atoms with Crippen LogP contribution in [0.2, 0.25) is 0 Å². The molecule has 1 rings (SSSR count). The van der Waals surface area contributed by atoms with Crippen LogP contribution in [-0.4, -0.2) is 11.1 Å². The molecule has 0 amide bonds. The molecule has 1 aromatic carbocycles. The van der Waals surface area contributed by atoms with E-state index in [1.54, 1.807) is 6.07 Å². The van der Waals surface area contributed by atoms with Crippen molar-refractivity contribution in [3.63, 3.8) is 0 Å². The van der Waals surface area contributed by atoms with Crippen LogP contribution in [0.15, 0.2) is 18.2 Å². The predicted octanol–water partition coefficient (Wildman–Crippen LogP) is 2.65. The Morgan fingerprint density at radius 2 is 2.15 bits per heavy atom. The molecule has 70 valence electrons. The van der Waals surface area contributed by atoms with Crippen molar-refractivity contribution in [2.45, 2.75) is 26.7 Å². The van der Waals surface area contributed by atoms with Crippen LogP contribution in [0.5, 0.6) is 0 Å². The van der Waals surface area contributed by atoms with Crippen molar-refractivity contribution >= 4 is 5.97 Å². The highest BCUT2D eigenvalue weighted by atomic mass is 16.4. The van der Waals surface area contributed by atoms with Gasteiger partial charge in [-0.2, -0.15) is 0 Å². The van der Waals surface area contributed by atoms with Gasteiger partial charge < -0.3 is 5.11 Å². The standard InChI is InChI=1S/C11H14O2/c1-3-4-9-5-6-10(11(12)13)8(2)7-9/h5-7H,3-4H2,1-2H3,(H,12,13). The molecule has 0 unspecified atom stereocenters. The van der Waals surface area contributed by atoms with Gasteiger partial charge in [-0.05, 0) is 30.5 Å². The molecule has 0 saturated heterocycles. The van der Waals surface area contributed by atoms with E-state index in [1.165, 1.54) is 5.56 Å². The number of carbonyl (C=O) groups is 1. The third-order valence-corrected chi connectivity index (χ3v) is 2.06. The minimum Gasteiger partial charge on any atom is -0.478 e. The molecule has 0 aliphatic heterocycles. The maximum atomic E-state index is 10.7. The quantitative estimate of drug-likeness (QED) is 0.772. The Kier molecular flexibility index (Phi) is 3.07. The zero-order valence-electron chi connectivity index (χ0n) is 8.00. The number of hydrogen-bond donors (Lipinski definition) is 1. The minimum absolute atomic E-state index is 0.403. The summed E-state index contributed by atoms with van der Waals surface area (Å²) >= 11 is 0. The molecule has 1 aromatic rings. The van der Waals surface area contributed by atoms with Crippen LogP contribution in [0.3, 0.4) is 0 Å². The molecule has 1 N–H and O–H groups in total. The molecule has 0 aliphatic carbocycles. The van der Waals surface area contributed by atoms with Crippen LogP contribution in [0.1, 0.15) is 34.8 Å². The van der Waals surface area contributed by atoms with Crippen molar-refractivity contribution in [1.82, 2.24) is 0 Å². The van der Waals surface area contributed by atoms with Gasteiger partial charge in [0, 0.05) is 0 Å². The Balaban J connectivity index is 2.98. The predicted molar refractivity (Wildman–Crippen MR) is 52.1 cm³/mol. The van der Waals surface area contributed by atoms with E-state index in [2.05, 4.69) is 6.92 Å². The van der Waals surface area contributed by atoms with Gasteiger partial charge in [0.1, 0.15) is 0 Å². The smallest absolute Gasteiger partial charge is 0.335 e. The van der Waals surface area contributed by atoms with Gasteiger partial charge in [-0.1, -0.05) is 25.5 Å². The van der Waals surface area contributed by atoms with Crippen molar-refractivity contribution in [3.05, 3.63) is 34.9 Å². The van der Waals surface area contributed by atoms with Gasteiger partial charge in [-0.15, -0.1) is 0 Å². The lowest BCUT2D eigenvalue weighted by Gasteiger charge is -2.03. The average Bonchev–Trinajstić information content (AvgIpc) is 2.04. The van der Waals surface area contributed by atoms with E-state index < -0.39 is 5.97 Å². The molecule has 0 bridgehead atoms. The van der Waals surface area contributed by atoms with Crippen LogP contribution >= 0.6 is 0 Å². The topological polar surface area (TPSA) is 37.3 Å². The Morgan fingerprint density at radius 3 is 2.62 bits per heavy atom. The maximum absolute atomic E-state index is 10.7. The lowest BCUT2D eigenvalue weighted by Crippen LogP contribution is -2.00. The van der Waals surface area contributed by atoms with Gasteiger partial charge in [-0.25, -0.2) is 4.79 Å². The summed E-state index contributed by atoms with van der Waals surface area (Å²) < 4.78 is 0. The number of hydrogen-bond acceptors (Lipinski definition) is 1. The molecule has 2 nitrogen and oxygen atoms in total. The second-order valence-electron chi connectivity index (χ2n) is 3.20. The normalized spacial score (nSPS) is 10.0.